The average molecular weight is 371 g/mol. The van der Waals surface area contributed by atoms with Crippen molar-refractivity contribution in [3.8, 4) is 0 Å². The Bertz CT molecular complexity index is 666. The SMILES string of the molecule is Cc1sc(N(CCC(=O)O)Cc2cccs2)nc1/C=C/C(C)Cl. The van der Waals surface area contributed by atoms with Gasteiger partial charge in [-0.15, -0.1) is 34.3 Å². The van der Waals surface area contributed by atoms with E-state index in [2.05, 4.69) is 11.1 Å². The summed E-state index contributed by atoms with van der Waals surface area (Å²) >= 11 is 9.18. The Labute approximate surface area is 149 Å². The van der Waals surface area contributed by atoms with Gasteiger partial charge < -0.3 is 10.0 Å². The van der Waals surface area contributed by atoms with Crippen LogP contribution in [0, 0.1) is 6.92 Å². The molecule has 7 heteroatoms. The Hall–Kier alpha value is -1.37. The number of carbonyl (C=O) groups is 1. The molecule has 0 spiro atoms. The van der Waals surface area contributed by atoms with Crippen molar-refractivity contribution in [1.82, 2.24) is 4.98 Å². The maximum absolute atomic E-state index is 10.9. The zero-order valence-electron chi connectivity index (χ0n) is 13.0. The van der Waals surface area contributed by atoms with Gasteiger partial charge in [-0.3, -0.25) is 4.79 Å². The van der Waals surface area contributed by atoms with Gasteiger partial charge in [0.1, 0.15) is 0 Å². The molecule has 0 fully saturated rings. The highest BCUT2D eigenvalue weighted by molar-refractivity contribution is 7.15. The third-order valence-corrected chi connectivity index (χ3v) is 5.19. The van der Waals surface area contributed by atoms with Gasteiger partial charge in [0.15, 0.2) is 5.13 Å². The number of hydrogen-bond acceptors (Lipinski definition) is 5. The lowest BCUT2D eigenvalue weighted by Gasteiger charge is -2.20. The molecule has 1 unspecified atom stereocenters. The third kappa shape index (κ3) is 5.64. The molecule has 0 aliphatic heterocycles. The van der Waals surface area contributed by atoms with E-state index in [1.54, 1.807) is 22.7 Å². The standard InChI is InChI=1S/C16H19ClN2O2S2/c1-11(17)5-6-14-12(2)23-16(18-14)19(8-7-15(20)21)10-13-4-3-9-22-13/h3-6,9,11H,7-8,10H2,1-2H3,(H,20,21)/b6-5+. The highest BCUT2D eigenvalue weighted by Gasteiger charge is 2.15. The van der Waals surface area contributed by atoms with Crippen LogP contribution in [-0.2, 0) is 11.3 Å². The van der Waals surface area contributed by atoms with E-state index in [9.17, 15) is 4.79 Å². The summed E-state index contributed by atoms with van der Waals surface area (Å²) in [6.07, 6.45) is 3.91. The number of halogens is 1. The van der Waals surface area contributed by atoms with E-state index < -0.39 is 5.97 Å². The summed E-state index contributed by atoms with van der Waals surface area (Å²) in [7, 11) is 0. The average Bonchev–Trinajstić information content (AvgIpc) is 3.10. The van der Waals surface area contributed by atoms with Crippen LogP contribution in [0.25, 0.3) is 6.08 Å². The van der Waals surface area contributed by atoms with Gasteiger partial charge in [-0.05, 0) is 31.4 Å². The lowest BCUT2D eigenvalue weighted by molar-refractivity contribution is -0.136. The van der Waals surface area contributed by atoms with Gasteiger partial charge in [-0.25, -0.2) is 4.98 Å². The van der Waals surface area contributed by atoms with Gasteiger partial charge in [0.2, 0.25) is 0 Å². The summed E-state index contributed by atoms with van der Waals surface area (Å²) in [5.74, 6) is -0.800. The van der Waals surface area contributed by atoms with E-state index >= 15 is 0 Å². The number of thiophene rings is 1. The maximum atomic E-state index is 10.9. The molecule has 0 amide bonds. The Morgan fingerprint density at radius 2 is 2.35 bits per heavy atom. The molecule has 2 heterocycles. The minimum atomic E-state index is -0.800. The Kier molecular flexibility index (Phi) is 6.62. The molecule has 0 aliphatic rings. The lowest BCUT2D eigenvalue weighted by Crippen LogP contribution is -2.25. The van der Waals surface area contributed by atoms with Crippen molar-refractivity contribution in [2.75, 3.05) is 11.4 Å². The molecule has 1 atom stereocenters. The normalized spacial score (nSPS) is 12.7. The zero-order chi connectivity index (χ0) is 16.8. The number of nitrogens with zero attached hydrogens (tertiary/aromatic N) is 2. The summed E-state index contributed by atoms with van der Waals surface area (Å²) < 4.78 is 0. The number of aliphatic carboxylic acids is 1. The fraction of sp³-hybridized carbons (Fsp3) is 0.375. The van der Waals surface area contributed by atoms with Gasteiger partial charge in [-0.1, -0.05) is 12.1 Å². The topological polar surface area (TPSA) is 53.4 Å². The molecule has 0 saturated carbocycles. The smallest absolute Gasteiger partial charge is 0.305 e. The first-order valence-electron chi connectivity index (χ1n) is 7.24. The molecule has 2 rings (SSSR count). The molecule has 0 saturated heterocycles. The largest absolute Gasteiger partial charge is 0.481 e. The van der Waals surface area contributed by atoms with Crippen LogP contribution in [0.5, 0.6) is 0 Å². The summed E-state index contributed by atoms with van der Waals surface area (Å²) in [5.41, 5.74) is 0.893. The summed E-state index contributed by atoms with van der Waals surface area (Å²) in [4.78, 5) is 19.9. The van der Waals surface area contributed by atoms with Gasteiger partial charge >= 0.3 is 5.97 Å². The second-order valence-corrected chi connectivity index (χ2v) is 8.02. The highest BCUT2D eigenvalue weighted by atomic mass is 35.5. The Balaban J connectivity index is 2.20. The van der Waals surface area contributed by atoms with E-state index in [-0.39, 0.29) is 11.8 Å². The van der Waals surface area contributed by atoms with Crippen LogP contribution >= 0.6 is 34.3 Å². The fourth-order valence-electron chi connectivity index (χ4n) is 1.97. The van der Waals surface area contributed by atoms with Crippen LogP contribution in [0.3, 0.4) is 0 Å². The number of carboxylic acids is 1. The van der Waals surface area contributed by atoms with Gasteiger partial charge in [0.05, 0.1) is 18.7 Å². The van der Waals surface area contributed by atoms with E-state index in [1.165, 1.54) is 4.88 Å². The van der Waals surface area contributed by atoms with Crippen LogP contribution in [0.1, 0.15) is 28.8 Å². The first-order chi connectivity index (χ1) is 11.0. The molecule has 2 aromatic heterocycles. The van der Waals surface area contributed by atoms with Crippen LogP contribution in [0.15, 0.2) is 23.6 Å². The first kappa shape index (κ1) is 18.0. The number of aryl methyl sites for hydroxylation is 1. The monoisotopic (exact) mass is 370 g/mol. The summed E-state index contributed by atoms with van der Waals surface area (Å²) in [6, 6.07) is 4.05. The molecule has 23 heavy (non-hydrogen) atoms. The van der Waals surface area contributed by atoms with E-state index in [1.807, 2.05) is 42.3 Å². The number of hydrogen-bond donors (Lipinski definition) is 1. The number of carboxylic acid groups (broad SMARTS) is 1. The zero-order valence-corrected chi connectivity index (χ0v) is 15.4. The third-order valence-electron chi connectivity index (χ3n) is 3.13. The van der Waals surface area contributed by atoms with E-state index in [0.29, 0.717) is 13.1 Å². The molecule has 0 radical (unpaired) electrons. The molecule has 0 aliphatic carbocycles. The van der Waals surface area contributed by atoms with Crippen LogP contribution in [0.4, 0.5) is 5.13 Å². The van der Waals surface area contributed by atoms with Crippen molar-refractivity contribution in [2.24, 2.45) is 0 Å². The molecular weight excluding hydrogens is 352 g/mol. The molecule has 4 nitrogen and oxygen atoms in total. The highest BCUT2D eigenvalue weighted by Crippen LogP contribution is 2.29. The predicted molar refractivity (Wildman–Crippen MR) is 98.8 cm³/mol. The van der Waals surface area contributed by atoms with Crippen molar-refractivity contribution in [3.05, 3.63) is 39.0 Å². The number of rotatable bonds is 8. The second-order valence-electron chi connectivity index (χ2n) is 5.12. The minimum Gasteiger partial charge on any atom is -0.481 e. The van der Waals surface area contributed by atoms with Gasteiger partial charge in [-0.2, -0.15) is 0 Å². The van der Waals surface area contributed by atoms with Crippen molar-refractivity contribution >= 4 is 51.5 Å². The van der Waals surface area contributed by atoms with Crippen LogP contribution < -0.4 is 4.90 Å². The fourth-order valence-corrected chi connectivity index (χ4v) is 3.68. The van der Waals surface area contributed by atoms with Crippen LogP contribution in [-0.4, -0.2) is 28.0 Å². The molecule has 1 N–H and O–H groups in total. The summed E-state index contributed by atoms with van der Waals surface area (Å²) in [6.45, 7) is 5.03. The Morgan fingerprint density at radius 3 is 2.96 bits per heavy atom. The minimum absolute atomic E-state index is 0.0474. The lowest BCUT2D eigenvalue weighted by atomic mass is 10.3. The Morgan fingerprint density at radius 1 is 1.57 bits per heavy atom. The molecule has 2 aromatic rings. The van der Waals surface area contributed by atoms with Crippen molar-refractivity contribution in [1.29, 1.82) is 0 Å². The number of allylic oxidation sites excluding steroid dienone is 1. The molecular formula is C16H19ClN2O2S2. The van der Waals surface area contributed by atoms with Crippen molar-refractivity contribution < 1.29 is 9.90 Å². The molecule has 0 bridgehead atoms. The van der Waals surface area contributed by atoms with E-state index in [4.69, 9.17) is 16.7 Å². The van der Waals surface area contributed by atoms with Crippen molar-refractivity contribution in [2.45, 2.75) is 32.2 Å². The van der Waals surface area contributed by atoms with Crippen LogP contribution in [0.2, 0.25) is 0 Å². The number of alkyl halides is 1. The number of aromatic nitrogens is 1. The quantitative estimate of drug-likeness (QED) is 0.688. The molecule has 124 valence electrons. The number of anilines is 1. The number of thiazole rings is 1. The van der Waals surface area contributed by atoms with Gasteiger partial charge in [0, 0.05) is 21.7 Å². The molecule has 0 aromatic carbocycles. The first-order valence-corrected chi connectivity index (χ1v) is 9.38. The predicted octanol–water partition coefficient (Wildman–Crippen LogP) is 4.63. The summed E-state index contributed by atoms with van der Waals surface area (Å²) in [5, 5.41) is 11.8. The van der Waals surface area contributed by atoms with Gasteiger partial charge in [0.25, 0.3) is 0 Å². The maximum Gasteiger partial charge on any atom is 0.305 e. The second kappa shape index (κ2) is 8.47. The van der Waals surface area contributed by atoms with Crippen molar-refractivity contribution in [3.63, 3.8) is 0 Å². The van der Waals surface area contributed by atoms with E-state index in [0.717, 1.165) is 15.7 Å².